The lowest BCUT2D eigenvalue weighted by molar-refractivity contribution is 0.102. The van der Waals surface area contributed by atoms with E-state index in [4.69, 9.17) is 9.47 Å². The van der Waals surface area contributed by atoms with Crippen molar-refractivity contribution in [1.82, 2.24) is 14.9 Å². The van der Waals surface area contributed by atoms with E-state index in [1.165, 1.54) is 0 Å². The normalized spacial score (nSPS) is 13.0. The molecule has 25 heavy (non-hydrogen) atoms. The van der Waals surface area contributed by atoms with Crippen molar-refractivity contribution in [3.63, 3.8) is 0 Å². The van der Waals surface area contributed by atoms with Crippen molar-refractivity contribution < 1.29 is 22.7 Å². The van der Waals surface area contributed by atoms with E-state index in [9.17, 15) is 13.2 Å². The molecule has 0 unspecified atom stereocenters. The van der Waals surface area contributed by atoms with E-state index < -0.39 is 15.9 Å². The van der Waals surface area contributed by atoms with Crippen molar-refractivity contribution in [2.75, 3.05) is 17.9 Å². The van der Waals surface area contributed by atoms with Crippen LogP contribution in [0.15, 0.2) is 18.2 Å². The van der Waals surface area contributed by atoms with Gasteiger partial charge in [-0.3, -0.25) is 4.79 Å². The summed E-state index contributed by atoms with van der Waals surface area (Å²) >= 11 is 1.03. The number of anilines is 1. The topological polar surface area (TPSA) is 120 Å². The van der Waals surface area contributed by atoms with Crippen molar-refractivity contribution in [1.29, 1.82) is 0 Å². The summed E-state index contributed by atoms with van der Waals surface area (Å²) in [7, 11) is -3.33. The lowest BCUT2D eigenvalue weighted by Crippen LogP contribution is -2.25. The largest absolute Gasteiger partial charge is 0.454 e. The molecule has 0 atom stereocenters. The van der Waals surface area contributed by atoms with Crippen LogP contribution < -0.4 is 19.5 Å². The lowest BCUT2D eigenvalue weighted by Gasteiger charge is -2.03. The van der Waals surface area contributed by atoms with E-state index >= 15 is 0 Å². The summed E-state index contributed by atoms with van der Waals surface area (Å²) in [6, 6.07) is 5.04. The first-order chi connectivity index (χ1) is 12.0. The molecular weight excluding hydrogens is 368 g/mol. The molecule has 0 spiro atoms. The van der Waals surface area contributed by atoms with Crippen LogP contribution in [0.1, 0.15) is 28.2 Å². The fraction of sp³-hybridized carbons (Fsp3) is 0.357. The Morgan fingerprint density at radius 3 is 2.88 bits per heavy atom. The summed E-state index contributed by atoms with van der Waals surface area (Å²) in [6.07, 6.45) is 0.522. The first kappa shape index (κ1) is 17.6. The van der Waals surface area contributed by atoms with Crippen LogP contribution in [0, 0.1) is 0 Å². The van der Waals surface area contributed by atoms with Gasteiger partial charge in [-0.2, -0.15) is 0 Å². The molecule has 1 aromatic carbocycles. The summed E-state index contributed by atoms with van der Waals surface area (Å²) in [6.45, 7) is 1.94. The van der Waals surface area contributed by atoms with Crippen molar-refractivity contribution in [3.05, 3.63) is 28.2 Å². The number of hydrogen-bond acceptors (Lipinski definition) is 8. The average molecular weight is 384 g/mol. The van der Waals surface area contributed by atoms with E-state index in [-0.39, 0.29) is 24.1 Å². The van der Waals surface area contributed by atoms with Gasteiger partial charge in [-0.25, -0.2) is 13.1 Å². The molecule has 0 saturated heterocycles. The van der Waals surface area contributed by atoms with Crippen LogP contribution in [0.5, 0.6) is 11.5 Å². The predicted octanol–water partition coefficient (Wildman–Crippen LogP) is 1.35. The standard InChI is InChI=1S/C14H16N4O5S2/c1-2-5-25(20,21)15-7-12-17-18-14(24-12)13(19)16-9-3-4-10-11(6-9)23-8-22-10/h3-4,6,15H,2,5,7-8H2,1H3,(H,16,19). The van der Waals surface area contributed by atoms with Gasteiger partial charge in [0.2, 0.25) is 21.8 Å². The molecule has 1 aliphatic heterocycles. The van der Waals surface area contributed by atoms with Crippen LogP contribution in [-0.2, 0) is 16.6 Å². The minimum atomic E-state index is -3.33. The highest BCUT2D eigenvalue weighted by atomic mass is 32.2. The first-order valence-electron chi connectivity index (χ1n) is 7.47. The molecule has 0 saturated carbocycles. The number of ether oxygens (including phenoxy) is 2. The minimum Gasteiger partial charge on any atom is -0.454 e. The van der Waals surface area contributed by atoms with Gasteiger partial charge >= 0.3 is 0 Å². The van der Waals surface area contributed by atoms with Crippen LogP contribution in [0.2, 0.25) is 0 Å². The molecule has 1 aliphatic rings. The zero-order valence-electron chi connectivity index (χ0n) is 13.3. The number of aromatic nitrogens is 2. The number of sulfonamides is 1. The molecule has 11 heteroatoms. The third kappa shape index (κ3) is 4.44. The highest BCUT2D eigenvalue weighted by Gasteiger charge is 2.17. The number of carbonyl (C=O) groups is 1. The number of nitrogens with zero attached hydrogens (tertiary/aromatic N) is 2. The highest BCUT2D eigenvalue weighted by molar-refractivity contribution is 7.89. The van der Waals surface area contributed by atoms with Gasteiger partial charge in [0.05, 0.1) is 12.3 Å². The number of benzene rings is 1. The second-order valence-electron chi connectivity index (χ2n) is 5.16. The predicted molar refractivity (Wildman–Crippen MR) is 91.3 cm³/mol. The Morgan fingerprint density at radius 2 is 2.08 bits per heavy atom. The molecule has 1 aromatic heterocycles. The number of hydrogen-bond donors (Lipinski definition) is 2. The third-order valence-electron chi connectivity index (χ3n) is 3.21. The van der Waals surface area contributed by atoms with Crippen molar-refractivity contribution in [3.8, 4) is 11.5 Å². The monoisotopic (exact) mass is 384 g/mol. The van der Waals surface area contributed by atoms with Crippen LogP contribution in [0.25, 0.3) is 0 Å². The molecule has 134 valence electrons. The number of rotatable bonds is 7. The van der Waals surface area contributed by atoms with Gasteiger partial charge < -0.3 is 14.8 Å². The van der Waals surface area contributed by atoms with Crippen LogP contribution in [0.3, 0.4) is 0 Å². The Balaban J connectivity index is 1.61. The van der Waals surface area contributed by atoms with Crippen molar-refractivity contribution >= 4 is 33.0 Å². The number of carbonyl (C=O) groups excluding carboxylic acids is 1. The fourth-order valence-electron chi connectivity index (χ4n) is 2.09. The Bertz CT molecular complexity index is 881. The maximum Gasteiger partial charge on any atom is 0.286 e. The molecule has 0 radical (unpaired) electrons. The zero-order valence-corrected chi connectivity index (χ0v) is 14.9. The molecule has 0 aliphatic carbocycles. The Hall–Kier alpha value is -2.24. The summed E-state index contributed by atoms with van der Waals surface area (Å²) in [4.78, 5) is 12.2. The molecule has 2 heterocycles. The maximum absolute atomic E-state index is 12.2. The number of fused-ring (bicyclic) bond motifs is 1. The van der Waals surface area contributed by atoms with E-state index in [0.717, 1.165) is 11.3 Å². The van der Waals surface area contributed by atoms with Gasteiger partial charge in [-0.15, -0.1) is 10.2 Å². The third-order valence-corrected chi connectivity index (χ3v) is 5.66. The average Bonchev–Trinajstić information content (AvgIpc) is 3.22. The molecule has 2 N–H and O–H groups in total. The van der Waals surface area contributed by atoms with Crippen LogP contribution in [-0.4, -0.2) is 37.1 Å². The maximum atomic E-state index is 12.2. The molecule has 0 bridgehead atoms. The van der Waals surface area contributed by atoms with Gasteiger partial charge in [0, 0.05) is 11.8 Å². The second kappa shape index (κ2) is 7.33. The summed E-state index contributed by atoms with van der Waals surface area (Å²) in [5, 5.41) is 10.9. The minimum absolute atomic E-state index is 0.0112. The SMILES string of the molecule is CCCS(=O)(=O)NCc1nnc(C(=O)Nc2ccc3c(c2)OCO3)s1. The molecule has 3 rings (SSSR count). The molecule has 2 aromatic rings. The summed E-state index contributed by atoms with van der Waals surface area (Å²) in [5.41, 5.74) is 0.537. The smallest absolute Gasteiger partial charge is 0.286 e. The van der Waals surface area contributed by atoms with Gasteiger partial charge in [0.25, 0.3) is 5.91 Å². The number of amides is 1. The Kier molecular flexibility index (Phi) is 5.16. The van der Waals surface area contributed by atoms with Gasteiger partial charge in [-0.1, -0.05) is 18.3 Å². The highest BCUT2D eigenvalue weighted by Crippen LogP contribution is 2.34. The number of nitrogens with one attached hydrogen (secondary N) is 2. The van der Waals surface area contributed by atoms with E-state index in [1.54, 1.807) is 25.1 Å². The molecular formula is C14H16N4O5S2. The second-order valence-corrected chi connectivity index (χ2v) is 8.15. The lowest BCUT2D eigenvalue weighted by atomic mass is 10.3. The van der Waals surface area contributed by atoms with Gasteiger partial charge in [0.1, 0.15) is 5.01 Å². The molecule has 0 fully saturated rings. The van der Waals surface area contributed by atoms with Crippen LogP contribution in [0.4, 0.5) is 5.69 Å². The first-order valence-corrected chi connectivity index (χ1v) is 9.94. The van der Waals surface area contributed by atoms with Crippen molar-refractivity contribution in [2.45, 2.75) is 19.9 Å². The quantitative estimate of drug-likeness (QED) is 0.739. The van der Waals surface area contributed by atoms with E-state index in [1.807, 2.05) is 0 Å². The fourth-order valence-corrected chi connectivity index (χ4v) is 3.89. The van der Waals surface area contributed by atoms with Gasteiger partial charge in [0.15, 0.2) is 11.5 Å². The molecule has 9 nitrogen and oxygen atoms in total. The van der Waals surface area contributed by atoms with Crippen LogP contribution >= 0.6 is 11.3 Å². The zero-order chi connectivity index (χ0) is 17.9. The van der Waals surface area contributed by atoms with Crippen molar-refractivity contribution in [2.24, 2.45) is 0 Å². The summed E-state index contributed by atoms with van der Waals surface area (Å²) < 4.78 is 36.1. The summed E-state index contributed by atoms with van der Waals surface area (Å²) in [5.74, 6) is 0.791. The van der Waals surface area contributed by atoms with Gasteiger partial charge in [-0.05, 0) is 18.6 Å². The Labute approximate surface area is 148 Å². The van der Waals surface area contributed by atoms with E-state index in [2.05, 4.69) is 20.2 Å². The Morgan fingerprint density at radius 1 is 1.28 bits per heavy atom. The van der Waals surface area contributed by atoms with E-state index in [0.29, 0.717) is 28.6 Å². The molecule has 1 amide bonds.